The van der Waals surface area contributed by atoms with Gasteiger partial charge in [0.25, 0.3) is 0 Å². The molecule has 5 rings (SSSR count). The highest BCUT2D eigenvalue weighted by molar-refractivity contribution is 5.87. The molecule has 3 aromatic rings. The predicted molar refractivity (Wildman–Crippen MR) is 151 cm³/mol. The summed E-state index contributed by atoms with van der Waals surface area (Å²) >= 11 is 0. The number of imidazole rings is 1. The van der Waals surface area contributed by atoms with Gasteiger partial charge in [0.15, 0.2) is 11.5 Å². The Morgan fingerprint density at radius 2 is 1.74 bits per heavy atom. The quantitative estimate of drug-likeness (QED) is 0.493. The molecule has 2 fully saturated rings. The van der Waals surface area contributed by atoms with Gasteiger partial charge in [-0.05, 0) is 47.8 Å². The zero-order chi connectivity index (χ0) is 27.6. The number of rotatable bonds is 5. The molecule has 0 saturated carbocycles. The van der Waals surface area contributed by atoms with Crippen molar-refractivity contribution in [1.82, 2.24) is 24.4 Å². The highest BCUT2D eigenvalue weighted by atomic mass is 16.4. The first-order valence-corrected chi connectivity index (χ1v) is 13.6. The van der Waals surface area contributed by atoms with Gasteiger partial charge >= 0.3 is 5.97 Å². The maximum atomic E-state index is 12.3. The molecule has 0 radical (unpaired) electrons. The summed E-state index contributed by atoms with van der Waals surface area (Å²) in [4.78, 5) is 31.2. The zero-order valence-corrected chi connectivity index (χ0v) is 23.9. The summed E-state index contributed by atoms with van der Waals surface area (Å²) in [5.41, 5.74) is 4.59. The molecular weight excluding hydrogens is 478 g/mol. The van der Waals surface area contributed by atoms with Crippen molar-refractivity contribution in [2.75, 3.05) is 23.3 Å². The lowest BCUT2D eigenvalue weighted by atomic mass is 9.84. The summed E-state index contributed by atoms with van der Waals surface area (Å²) in [5.74, 6) is 0.628. The Labute approximate surface area is 225 Å². The van der Waals surface area contributed by atoms with Gasteiger partial charge in [0.1, 0.15) is 11.6 Å². The Balaban J connectivity index is 1.49. The molecule has 2 aromatic heterocycles. The second kappa shape index (κ2) is 9.22. The maximum Gasteiger partial charge on any atom is 0.321 e. The van der Waals surface area contributed by atoms with E-state index in [0.29, 0.717) is 24.7 Å². The number of benzene rings is 1. The molecule has 1 unspecified atom stereocenters. The number of aryl methyl sites for hydroxylation is 2. The van der Waals surface area contributed by atoms with Gasteiger partial charge < -0.3 is 19.9 Å². The minimum absolute atomic E-state index is 0.0304. The average molecular weight is 520 g/mol. The number of nitrogens with one attached hydrogen (secondary N) is 1. The third-order valence-electron chi connectivity index (χ3n) is 8.09. The normalized spacial score (nSPS) is 21.2. The Kier molecular flexibility index (Phi) is 6.41. The topological polar surface area (TPSA) is 99.4 Å². The first-order chi connectivity index (χ1) is 17.7. The number of nitrogens with zero attached hydrogens (tertiary/aromatic N) is 6. The number of carbonyl (C=O) groups is 1. The van der Waals surface area contributed by atoms with E-state index in [1.165, 1.54) is 5.56 Å². The molecule has 0 aliphatic carbocycles. The van der Waals surface area contributed by atoms with Crippen LogP contribution in [0.25, 0.3) is 11.2 Å². The number of carboxylic acid groups (broad SMARTS) is 1. The number of fused-ring (bicyclic) bond motifs is 3. The Morgan fingerprint density at radius 3 is 2.32 bits per heavy atom. The average Bonchev–Trinajstić information content (AvgIpc) is 3.28. The third-order valence-corrected chi connectivity index (χ3v) is 8.09. The fourth-order valence-electron chi connectivity index (χ4n) is 6.09. The van der Waals surface area contributed by atoms with E-state index in [1.54, 1.807) is 6.33 Å². The van der Waals surface area contributed by atoms with Crippen LogP contribution in [0.2, 0.25) is 0 Å². The maximum absolute atomic E-state index is 12.3. The molecule has 2 saturated heterocycles. The van der Waals surface area contributed by atoms with Gasteiger partial charge in [-0.2, -0.15) is 9.97 Å². The van der Waals surface area contributed by atoms with Gasteiger partial charge in [0, 0.05) is 37.9 Å². The smallest absolute Gasteiger partial charge is 0.321 e. The summed E-state index contributed by atoms with van der Waals surface area (Å²) in [7, 11) is 1.96. The van der Waals surface area contributed by atoms with Crippen LogP contribution in [0, 0.1) is 12.3 Å². The van der Waals surface area contributed by atoms with Crippen molar-refractivity contribution in [2.45, 2.75) is 84.8 Å². The van der Waals surface area contributed by atoms with Crippen LogP contribution in [0.3, 0.4) is 0 Å². The van der Waals surface area contributed by atoms with Gasteiger partial charge in [-0.15, -0.1) is 0 Å². The molecule has 3 atom stereocenters. The number of aromatic nitrogens is 4. The molecule has 4 heterocycles. The monoisotopic (exact) mass is 519 g/mol. The minimum atomic E-state index is -0.742. The Bertz CT molecular complexity index is 1350. The van der Waals surface area contributed by atoms with Gasteiger partial charge in [0.2, 0.25) is 5.95 Å². The van der Waals surface area contributed by atoms with Crippen LogP contribution in [-0.2, 0) is 17.3 Å². The first-order valence-electron chi connectivity index (χ1n) is 13.6. The van der Waals surface area contributed by atoms with Crippen LogP contribution in [0.5, 0.6) is 0 Å². The number of piperazine rings is 1. The fraction of sp³-hybridized carbons (Fsp3) is 0.586. The second-order valence-electron chi connectivity index (χ2n) is 13.1. The summed E-state index contributed by atoms with van der Waals surface area (Å²) in [6.07, 6.45) is 3.74. The van der Waals surface area contributed by atoms with Crippen LogP contribution in [0.1, 0.15) is 65.5 Å². The molecule has 0 spiro atoms. The molecule has 2 N–H and O–H groups in total. The number of anilines is 3. The van der Waals surface area contributed by atoms with E-state index in [1.807, 2.05) is 32.4 Å². The van der Waals surface area contributed by atoms with Crippen LogP contribution in [-0.4, -0.2) is 66.7 Å². The molecule has 0 amide bonds. The van der Waals surface area contributed by atoms with E-state index in [2.05, 4.69) is 66.0 Å². The van der Waals surface area contributed by atoms with Gasteiger partial charge in [-0.1, -0.05) is 53.7 Å². The summed E-state index contributed by atoms with van der Waals surface area (Å²) < 4.78 is 1.95. The highest BCUT2D eigenvalue weighted by Crippen LogP contribution is 2.39. The number of carboxylic acids is 1. The summed E-state index contributed by atoms with van der Waals surface area (Å²) in [5, 5.41) is 13.7. The van der Waals surface area contributed by atoms with E-state index >= 15 is 0 Å². The van der Waals surface area contributed by atoms with Crippen LogP contribution in [0.15, 0.2) is 24.5 Å². The number of hydrogen-bond donors (Lipinski definition) is 2. The molecule has 2 aliphatic rings. The van der Waals surface area contributed by atoms with E-state index < -0.39 is 12.0 Å². The fourth-order valence-corrected chi connectivity index (χ4v) is 6.09. The Hall–Kier alpha value is -3.20. The van der Waals surface area contributed by atoms with Gasteiger partial charge in [0.05, 0.1) is 6.33 Å². The lowest BCUT2D eigenvalue weighted by molar-refractivity contribution is -0.150. The molecule has 2 bridgehead atoms. The zero-order valence-electron chi connectivity index (χ0n) is 23.9. The molecule has 9 nitrogen and oxygen atoms in total. The number of hydrogen-bond acceptors (Lipinski definition) is 7. The molecule has 38 heavy (non-hydrogen) atoms. The lowest BCUT2D eigenvalue weighted by Crippen LogP contribution is -2.62. The van der Waals surface area contributed by atoms with E-state index in [4.69, 9.17) is 9.97 Å². The van der Waals surface area contributed by atoms with Gasteiger partial charge in [-0.3, -0.25) is 9.69 Å². The molecule has 2 aliphatic heterocycles. The van der Waals surface area contributed by atoms with Crippen molar-refractivity contribution in [2.24, 2.45) is 12.5 Å². The van der Waals surface area contributed by atoms with E-state index in [9.17, 15) is 9.90 Å². The standard InChI is InChI=1S/C29H41N7O2/c1-17-9-10-18(28(2,3)4)13-21(17)31-25-22-24(30-16-34(22)8)32-27(33-25)35-14-19-11-12-20(15-35)36(19)23(26(37)38)29(5,6)7/h9-10,13,16,19-20,23H,11-12,14-15H2,1-8H3,(H,37,38)(H,31,32,33)/t19-,20+,23?. The minimum Gasteiger partial charge on any atom is -0.480 e. The largest absolute Gasteiger partial charge is 0.480 e. The summed E-state index contributed by atoms with van der Waals surface area (Å²) in [6, 6.07) is 6.32. The first kappa shape index (κ1) is 26.4. The van der Waals surface area contributed by atoms with Crippen LogP contribution in [0.4, 0.5) is 17.5 Å². The highest BCUT2D eigenvalue weighted by Gasteiger charge is 2.49. The van der Waals surface area contributed by atoms with Crippen molar-refractivity contribution in [1.29, 1.82) is 0 Å². The molecule has 9 heteroatoms. The Morgan fingerprint density at radius 1 is 1.08 bits per heavy atom. The molecular formula is C29H41N7O2. The van der Waals surface area contributed by atoms with Crippen molar-refractivity contribution in [3.63, 3.8) is 0 Å². The summed E-state index contributed by atoms with van der Waals surface area (Å²) in [6.45, 7) is 16.2. The third kappa shape index (κ3) is 4.72. The van der Waals surface area contributed by atoms with Crippen LogP contribution >= 0.6 is 0 Å². The molecule has 204 valence electrons. The van der Waals surface area contributed by atoms with E-state index in [-0.39, 0.29) is 22.9 Å². The van der Waals surface area contributed by atoms with Crippen molar-refractivity contribution >= 4 is 34.6 Å². The lowest BCUT2D eigenvalue weighted by Gasteiger charge is -2.47. The van der Waals surface area contributed by atoms with Crippen LogP contribution < -0.4 is 10.2 Å². The van der Waals surface area contributed by atoms with Crippen molar-refractivity contribution < 1.29 is 9.90 Å². The van der Waals surface area contributed by atoms with Crippen molar-refractivity contribution in [3.05, 3.63) is 35.7 Å². The SMILES string of the molecule is Cc1ccc(C(C)(C)C)cc1Nc1nc(N2C[C@H]3CC[C@@H](C2)N3C(C(=O)O)C(C)(C)C)nc2ncn(C)c12. The number of aliphatic carboxylic acids is 1. The van der Waals surface area contributed by atoms with Crippen molar-refractivity contribution in [3.8, 4) is 0 Å². The molecule has 1 aromatic carbocycles. The van der Waals surface area contributed by atoms with Gasteiger partial charge in [-0.25, -0.2) is 4.98 Å². The second-order valence-corrected chi connectivity index (χ2v) is 13.1. The predicted octanol–water partition coefficient (Wildman–Crippen LogP) is 4.87. The van der Waals surface area contributed by atoms with E-state index in [0.717, 1.165) is 35.4 Å².